The van der Waals surface area contributed by atoms with Gasteiger partial charge in [0, 0.05) is 12.8 Å². The molecular weight excluding hydrogens is 250 g/mol. The van der Waals surface area contributed by atoms with E-state index in [4.69, 9.17) is 4.74 Å². The van der Waals surface area contributed by atoms with E-state index in [1.165, 1.54) is 0 Å². The lowest BCUT2D eigenvalue weighted by molar-refractivity contribution is -0.153. The highest BCUT2D eigenvalue weighted by Gasteiger charge is 2.41. The number of halogens is 2. The third kappa shape index (κ3) is 3.31. The topological polar surface area (TPSA) is 29.5 Å². The van der Waals surface area contributed by atoms with Crippen molar-refractivity contribution in [1.29, 1.82) is 0 Å². The molecule has 2 atom stereocenters. The first-order chi connectivity index (χ1) is 8.86. The fourth-order valence-electron chi connectivity index (χ4n) is 2.73. The van der Waals surface area contributed by atoms with Crippen molar-refractivity contribution in [2.45, 2.75) is 50.7 Å². The van der Waals surface area contributed by atoms with Gasteiger partial charge >= 0.3 is 0 Å². The fourth-order valence-corrected chi connectivity index (χ4v) is 2.73. The summed E-state index contributed by atoms with van der Waals surface area (Å²) >= 11 is 0. The van der Waals surface area contributed by atoms with Crippen molar-refractivity contribution in [3.05, 3.63) is 35.4 Å². The van der Waals surface area contributed by atoms with Gasteiger partial charge in [0.05, 0.1) is 17.8 Å². The molecule has 0 radical (unpaired) electrons. The number of ether oxygens (including phenoxy) is 1. The minimum absolute atomic E-state index is 0.121. The Hall–Kier alpha value is -1.00. The highest BCUT2D eigenvalue weighted by Crippen LogP contribution is 2.36. The minimum Gasteiger partial charge on any atom is -0.389 e. The molecule has 2 unspecified atom stereocenters. The smallest absolute Gasteiger partial charge is 0.126 e. The van der Waals surface area contributed by atoms with Crippen LogP contribution in [0.1, 0.15) is 38.7 Å². The molecule has 0 aromatic heterocycles. The molecule has 1 N–H and O–H groups in total. The Balaban J connectivity index is 2.19. The number of rotatable bonds is 3. The zero-order chi connectivity index (χ0) is 14.1. The Labute approximate surface area is 112 Å². The third-order valence-corrected chi connectivity index (χ3v) is 4.00. The van der Waals surface area contributed by atoms with Gasteiger partial charge in [0.25, 0.3) is 0 Å². The number of hydrogen-bond acceptors (Lipinski definition) is 2. The lowest BCUT2D eigenvalue weighted by Gasteiger charge is -2.43. The van der Waals surface area contributed by atoms with Crippen molar-refractivity contribution in [3.8, 4) is 0 Å². The van der Waals surface area contributed by atoms with E-state index in [-0.39, 0.29) is 12.0 Å². The van der Waals surface area contributed by atoms with E-state index in [9.17, 15) is 13.9 Å². The predicted molar refractivity (Wildman–Crippen MR) is 68.9 cm³/mol. The molecule has 1 saturated heterocycles. The molecular formula is C15H20F2O2. The summed E-state index contributed by atoms with van der Waals surface area (Å²) in [5.41, 5.74) is -1.20. The van der Waals surface area contributed by atoms with E-state index >= 15 is 0 Å². The lowest BCUT2D eigenvalue weighted by atomic mass is 9.78. The van der Waals surface area contributed by atoms with Gasteiger partial charge in [0.2, 0.25) is 0 Å². The number of aliphatic hydroxyl groups is 1. The Morgan fingerprint density at radius 2 is 2.11 bits per heavy atom. The van der Waals surface area contributed by atoms with E-state index in [1.807, 2.05) is 13.8 Å². The minimum atomic E-state index is -1.03. The normalized spacial score (nSPS) is 31.4. The van der Waals surface area contributed by atoms with Crippen molar-refractivity contribution < 1.29 is 18.6 Å². The monoisotopic (exact) mass is 270 g/mol. The Morgan fingerprint density at radius 3 is 2.79 bits per heavy atom. The van der Waals surface area contributed by atoms with E-state index in [0.717, 1.165) is 24.6 Å². The molecule has 1 aromatic rings. The van der Waals surface area contributed by atoms with Gasteiger partial charge in [-0.05, 0) is 43.5 Å². The molecule has 0 amide bonds. The van der Waals surface area contributed by atoms with Gasteiger partial charge in [-0.2, -0.15) is 0 Å². The predicted octanol–water partition coefficient (Wildman–Crippen LogP) is 3.22. The highest BCUT2D eigenvalue weighted by atomic mass is 19.1. The van der Waals surface area contributed by atoms with Crippen LogP contribution < -0.4 is 0 Å². The van der Waals surface area contributed by atoms with E-state index in [0.29, 0.717) is 19.4 Å². The van der Waals surface area contributed by atoms with Crippen molar-refractivity contribution in [3.63, 3.8) is 0 Å². The Bertz CT molecular complexity index is 463. The van der Waals surface area contributed by atoms with Gasteiger partial charge in [-0.15, -0.1) is 0 Å². The highest BCUT2D eigenvalue weighted by molar-refractivity contribution is 5.21. The maximum absolute atomic E-state index is 13.7. The van der Waals surface area contributed by atoms with Crippen LogP contribution in [-0.4, -0.2) is 22.9 Å². The summed E-state index contributed by atoms with van der Waals surface area (Å²) in [7, 11) is 0. The first-order valence-electron chi connectivity index (χ1n) is 6.66. The maximum Gasteiger partial charge on any atom is 0.126 e. The van der Waals surface area contributed by atoms with Crippen LogP contribution in [0.3, 0.4) is 0 Å². The molecule has 1 aliphatic heterocycles. The standard InChI is InChI=1S/C15H20F2O2/c1-3-14(2)10-15(18,6-7-19-14)9-11-8-12(16)4-5-13(11)17/h4-5,8,18H,3,6-7,9-10H2,1-2H3. The van der Waals surface area contributed by atoms with Gasteiger partial charge in [0.15, 0.2) is 0 Å². The Morgan fingerprint density at radius 1 is 1.37 bits per heavy atom. The van der Waals surface area contributed by atoms with Crippen LogP contribution in [0.4, 0.5) is 8.78 Å². The second-order valence-electron chi connectivity index (χ2n) is 5.72. The van der Waals surface area contributed by atoms with E-state index < -0.39 is 22.8 Å². The summed E-state index contributed by atoms with van der Waals surface area (Å²) in [4.78, 5) is 0. The van der Waals surface area contributed by atoms with Gasteiger partial charge in [0.1, 0.15) is 11.6 Å². The van der Waals surface area contributed by atoms with Crippen LogP contribution in [-0.2, 0) is 11.2 Å². The molecule has 1 aromatic carbocycles. The molecule has 2 rings (SSSR count). The van der Waals surface area contributed by atoms with Crippen molar-refractivity contribution in [1.82, 2.24) is 0 Å². The Kier molecular flexibility index (Phi) is 3.92. The lowest BCUT2D eigenvalue weighted by Crippen LogP contribution is -2.48. The average molecular weight is 270 g/mol. The summed E-state index contributed by atoms with van der Waals surface area (Å²) < 4.78 is 32.5. The number of benzene rings is 1. The molecule has 1 fully saturated rings. The summed E-state index contributed by atoms with van der Waals surface area (Å²) in [5.74, 6) is -0.954. The summed E-state index contributed by atoms with van der Waals surface area (Å²) in [5, 5.41) is 10.6. The van der Waals surface area contributed by atoms with Crippen molar-refractivity contribution >= 4 is 0 Å². The van der Waals surface area contributed by atoms with Gasteiger partial charge in [-0.25, -0.2) is 8.78 Å². The number of hydrogen-bond donors (Lipinski definition) is 1. The van der Waals surface area contributed by atoms with Crippen LogP contribution >= 0.6 is 0 Å². The molecule has 2 nitrogen and oxygen atoms in total. The van der Waals surface area contributed by atoms with Crippen molar-refractivity contribution in [2.75, 3.05) is 6.61 Å². The molecule has 1 aliphatic rings. The molecule has 1 heterocycles. The average Bonchev–Trinajstić information content (AvgIpc) is 2.33. The van der Waals surface area contributed by atoms with E-state index in [2.05, 4.69) is 0 Å². The first kappa shape index (κ1) is 14.4. The van der Waals surface area contributed by atoms with Crippen molar-refractivity contribution in [2.24, 2.45) is 0 Å². The van der Waals surface area contributed by atoms with Crippen LogP contribution in [0.25, 0.3) is 0 Å². The molecule has 106 valence electrons. The second-order valence-corrected chi connectivity index (χ2v) is 5.72. The van der Waals surface area contributed by atoms with Crippen LogP contribution in [0.15, 0.2) is 18.2 Å². The van der Waals surface area contributed by atoms with Gasteiger partial charge in [-0.3, -0.25) is 0 Å². The summed E-state index contributed by atoms with van der Waals surface area (Å²) in [6, 6.07) is 3.35. The van der Waals surface area contributed by atoms with Crippen LogP contribution in [0, 0.1) is 11.6 Å². The zero-order valence-corrected chi connectivity index (χ0v) is 11.4. The van der Waals surface area contributed by atoms with Crippen LogP contribution in [0.5, 0.6) is 0 Å². The van der Waals surface area contributed by atoms with Gasteiger partial charge in [-0.1, -0.05) is 6.92 Å². The zero-order valence-electron chi connectivity index (χ0n) is 11.4. The third-order valence-electron chi connectivity index (χ3n) is 4.00. The molecule has 0 saturated carbocycles. The summed E-state index contributed by atoms with van der Waals surface area (Å²) in [6.07, 6.45) is 1.78. The molecule has 0 bridgehead atoms. The van der Waals surface area contributed by atoms with Gasteiger partial charge < -0.3 is 9.84 Å². The SMILES string of the molecule is CCC1(C)CC(O)(Cc2cc(F)ccc2F)CCO1. The van der Waals surface area contributed by atoms with E-state index in [1.54, 1.807) is 0 Å². The molecule has 0 spiro atoms. The quantitative estimate of drug-likeness (QED) is 0.913. The summed E-state index contributed by atoms with van der Waals surface area (Å²) in [6.45, 7) is 4.38. The fraction of sp³-hybridized carbons (Fsp3) is 0.600. The largest absolute Gasteiger partial charge is 0.389 e. The molecule has 0 aliphatic carbocycles. The van der Waals surface area contributed by atoms with Crippen LogP contribution in [0.2, 0.25) is 0 Å². The second kappa shape index (κ2) is 5.17. The molecule has 4 heteroatoms. The molecule has 19 heavy (non-hydrogen) atoms. The first-order valence-corrected chi connectivity index (χ1v) is 6.66. The maximum atomic E-state index is 13.7.